The van der Waals surface area contributed by atoms with Crippen molar-refractivity contribution in [2.75, 3.05) is 0 Å². The fourth-order valence-electron chi connectivity index (χ4n) is 1.70. The summed E-state index contributed by atoms with van der Waals surface area (Å²) in [4.78, 5) is 0. The Kier molecular flexibility index (Phi) is 5.49. The molecule has 0 heterocycles. The van der Waals surface area contributed by atoms with Gasteiger partial charge in [0.2, 0.25) is 0 Å². The second kappa shape index (κ2) is 6.68. The molecule has 0 radical (unpaired) electrons. The minimum absolute atomic E-state index is 0.632. The van der Waals surface area contributed by atoms with Crippen LogP contribution in [-0.4, -0.2) is 0 Å². The van der Waals surface area contributed by atoms with Crippen LogP contribution in [0.5, 0.6) is 0 Å². The summed E-state index contributed by atoms with van der Waals surface area (Å²) in [5.41, 5.74) is 1.39. The fraction of sp³-hybridized carbons (Fsp3) is 0.429. The summed E-state index contributed by atoms with van der Waals surface area (Å²) in [5.74, 6) is 0.632. The molecule has 82 valence electrons. The lowest BCUT2D eigenvalue weighted by Crippen LogP contribution is -1.93. The van der Waals surface area contributed by atoms with Gasteiger partial charge in [-0.2, -0.15) is 0 Å². The molecule has 0 bridgehead atoms. The first kappa shape index (κ1) is 12.3. The number of allylic oxidation sites excluding steroid dienone is 1. The molecule has 1 unspecified atom stereocenters. The Morgan fingerprint density at radius 1 is 1.27 bits per heavy atom. The van der Waals surface area contributed by atoms with Gasteiger partial charge in [0.25, 0.3) is 0 Å². The van der Waals surface area contributed by atoms with Crippen LogP contribution in [-0.2, 0) is 0 Å². The van der Waals surface area contributed by atoms with Gasteiger partial charge in [-0.1, -0.05) is 43.2 Å². The average Bonchev–Trinajstić information content (AvgIpc) is 2.25. The second-order valence-electron chi connectivity index (χ2n) is 4.03. The first-order chi connectivity index (χ1) is 7.24. The summed E-state index contributed by atoms with van der Waals surface area (Å²) in [5, 5.41) is 0.817. The highest BCUT2D eigenvalue weighted by atomic mass is 35.5. The van der Waals surface area contributed by atoms with Crippen molar-refractivity contribution in [1.82, 2.24) is 0 Å². The van der Waals surface area contributed by atoms with Gasteiger partial charge in [-0.3, -0.25) is 0 Å². The number of rotatable bonds is 6. The molecule has 0 aliphatic carbocycles. The first-order valence-corrected chi connectivity index (χ1v) is 5.98. The highest BCUT2D eigenvalue weighted by Crippen LogP contribution is 2.23. The quantitative estimate of drug-likeness (QED) is 0.459. The molecule has 1 aromatic rings. The highest BCUT2D eigenvalue weighted by molar-refractivity contribution is 6.30. The summed E-state index contributed by atoms with van der Waals surface area (Å²) in [7, 11) is 0. The van der Waals surface area contributed by atoms with Crippen LogP contribution >= 0.6 is 11.6 Å². The van der Waals surface area contributed by atoms with Crippen molar-refractivity contribution in [3.8, 4) is 0 Å². The Balaban J connectivity index is 2.36. The monoisotopic (exact) mass is 222 g/mol. The molecule has 0 aromatic heterocycles. The molecule has 1 rings (SSSR count). The second-order valence-corrected chi connectivity index (χ2v) is 4.46. The van der Waals surface area contributed by atoms with E-state index in [0.29, 0.717) is 5.92 Å². The van der Waals surface area contributed by atoms with Gasteiger partial charge in [-0.05, 0) is 42.9 Å². The van der Waals surface area contributed by atoms with E-state index in [9.17, 15) is 0 Å². The van der Waals surface area contributed by atoms with Crippen LogP contribution in [0.15, 0.2) is 36.9 Å². The van der Waals surface area contributed by atoms with E-state index in [1.807, 2.05) is 18.2 Å². The molecule has 1 aromatic carbocycles. The molecule has 0 fully saturated rings. The third-order valence-corrected chi connectivity index (χ3v) is 2.99. The van der Waals surface area contributed by atoms with Gasteiger partial charge in [-0.15, -0.1) is 6.58 Å². The van der Waals surface area contributed by atoms with E-state index < -0.39 is 0 Å². The minimum atomic E-state index is 0.632. The van der Waals surface area contributed by atoms with Crippen molar-refractivity contribution >= 4 is 11.6 Å². The molecule has 0 saturated carbocycles. The van der Waals surface area contributed by atoms with E-state index in [-0.39, 0.29) is 0 Å². The molecule has 0 aliphatic heterocycles. The van der Waals surface area contributed by atoms with E-state index in [1.54, 1.807) is 0 Å². The zero-order valence-corrected chi connectivity index (χ0v) is 10.1. The summed E-state index contributed by atoms with van der Waals surface area (Å²) < 4.78 is 0. The number of hydrogen-bond donors (Lipinski definition) is 0. The van der Waals surface area contributed by atoms with E-state index in [1.165, 1.54) is 24.8 Å². The van der Waals surface area contributed by atoms with Gasteiger partial charge in [0.05, 0.1) is 0 Å². The van der Waals surface area contributed by atoms with Crippen LogP contribution in [0.25, 0.3) is 0 Å². The van der Waals surface area contributed by atoms with Crippen molar-refractivity contribution < 1.29 is 0 Å². The summed E-state index contributed by atoms with van der Waals surface area (Å²) in [6.45, 7) is 6.01. The maximum atomic E-state index is 5.85. The molecule has 1 heteroatoms. The topological polar surface area (TPSA) is 0 Å². The summed E-state index contributed by atoms with van der Waals surface area (Å²) in [6.07, 6.45) is 6.90. The van der Waals surface area contributed by atoms with Crippen LogP contribution in [0.2, 0.25) is 5.02 Å². The van der Waals surface area contributed by atoms with Crippen molar-refractivity contribution in [3.05, 3.63) is 47.5 Å². The zero-order chi connectivity index (χ0) is 11.1. The molecular weight excluding hydrogens is 204 g/mol. The predicted octanol–water partition coefficient (Wildman–Crippen LogP) is 5.19. The first-order valence-electron chi connectivity index (χ1n) is 5.60. The lowest BCUT2D eigenvalue weighted by atomic mass is 9.95. The van der Waals surface area contributed by atoms with E-state index in [4.69, 9.17) is 11.6 Å². The number of unbranched alkanes of at least 4 members (excludes halogenated alkanes) is 2. The van der Waals surface area contributed by atoms with E-state index >= 15 is 0 Å². The zero-order valence-electron chi connectivity index (χ0n) is 9.38. The van der Waals surface area contributed by atoms with E-state index in [0.717, 1.165) is 11.4 Å². The standard InChI is InChI=1S/C14H19Cl/c1-3-4-5-6-7-12(2)13-8-10-14(15)11-9-13/h3,8-12H,1,4-7H2,2H3. The maximum Gasteiger partial charge on any atom is 0.0406 e. The Bertz CT molecular complexity index is 287. The molecule has 0 amide bonds. The van der Waals surface area contributed by atoms with Crippen molar-refractivity contribution in [3.63, 3.8) is 0 Å². The Hall–Kier alpha value is -0.750. The van der Waals surface area contributed by atoms with Gasteiger partial charge in [0, 0.05) is 5.02 Å². The number of benzene rings is 1. The molecule has 0 aliphatic rings. The summed E-state index contributed by atoms with van der Waals surface area (Å²) >= 11 is 5.85. The van der Waals surface area contributed by atoms with E-state index in [2.05, 4.69) is 25.6 Å². The normalized spacial score (nSPS) is 12.4. The molecular formula is C14H19Cl. The van der Waals surface area contributed by atoms with Crippen molar-refractivity contribution in [2.24, 2.45) is 0 Å². The van der Waals surface area contributed by atoms with Gasteiger partial charge in [0.15, 0.2) is 0 Å². The largest absolute Gasteiger partial charge is 0.103 e. The lowest BCUT2D eigenvalue weighted by Gasteiger charge is -2.11. The molecule has 0 N–H and O–H groups in total. The van der Waals surface area contributed by atoms with Crippen LogP contribution in [0, 0.1) is 0 Å². The maximum absolute atomic E-state index is 5.85. The van der Waals surface area contributed by atoms with Crippen molar-refractivity contribution in [2.45, 2.75) is 38.5 Å². The Morgan fingerprint density at radius 3 is 2.53 bits per heavy atom. The minimum Gasteiger partial charge on any atom is -0.103 e. The molecule has 0 saturated heterocycles. The average molecular weight is 223 g/mol. The summed E-state index contributed by atoms with van der Waals surface area (Å²) in [6, 6.07) is 8.19. The Labute approximate surface area is 98.0 Å². The van der Waals surface area contributed by atoms with Gasteiger partial charge >= 0.3 is 0 Å². The number of halogens is 1. The third kappa shape index (κ3) is 4.53. The highest BCUT2D eigenvalue weighted by Gasteiger charge is 2.04. The molecule has 0 spiro atoms. The third-order valence-electron chi connectivity index (χ3n) is 2.73. The van der Waals surface area contributed by atoms with Crippen LogP contribution in [0.4, 0.5) is 0 Å². The molecule has 15 heavy (non-hydrogen) atoms. The van der Waals surface area contributed by atoms with Gasteiger partial charge < -0.3 is 0 Å². The van der Waals surface area contributed by atoms with Crippen molar-refractivity contribution in [1.29, 1.82) is 0 Å². The lowest BCUT2D eigenvalue weighted by molar-refractivity contribution is 0.609. The fourth-order valence-corrected chi connectivity index (χ4v) is 1.82. The smallest absolute Gasteiger partial charge is 0.0406 e. The Morgan fingerprint density at radius 2 is 1.93 bits per heavy atom. The van der Waals surface area contributed by atoms with Crippen LogP contribution < -0.4 is 0 Å². The molecule has 0 nitrogen and oxygen atoms in total. The van der Waals surface area contributed by atoms with Gasteiger partial charge in [0.1, 0.15) is 0 Å². The van der Waals surface area contributed by atoms with Crippen LogP contribution in [0.1, 0.15) is 44.1 Å². The molecule has 1 atom stereocenters. The predicted molar refractivity (Wildman–Crippen MR) is 68.5 cm³/mol. The number of hydrogen-bond acceptors (Lipinski definition) is 0. The van der Waals surface area contributed by atoms with Gasteiger partial charge in [-0.25, -0.2) is 0 Å². The van der Waals surface area contributed by atoms with Crippen LogP contribution in [0.3, 0.4) is 0 Å². The SMILES string of the molecule is C=CCCCCC(C)c1ccc(Cl)cc1.